The van der Waals surface area contributed by atoms with Crippen molar-refractivity contribution in [1.82, 2.24) is 0 Å². The highest BCUT2D eigenvalue weighted by molar-refractivity contribution is 6.68. The quantitative estimate of drug-likeness (QED) is 0.418. The first-order valence-corrected chi connectivity index (χ1v) is 11.9. The van der Waals surface area contributed by atoms with Crippen LogP contribution >= 0.6 is 0 Å². The van der Waals surface area contributed by atoms with Gasteiger partial charge in [-0.25, -0.2) is 0 Å². The monoisotopic (exact) mass is 456 g/mol. The van der Waals surface area contributed by atoms with E-state index in [1.165, 1.54) is 0 Å². The van der Waals surface area contributed by atoms with Gasteiger partial charge in [-0.05, 0) is 72.3 Å². The maximum absolute atomic E-state index is 6.30. The lowest BCUT2D eigenvalue weighted by molar-refractivity contribution is 0.00578. The molecule has 4 aromatic carbocycles. The molecule has 0 spiro atoms. The van der Waals surface area contributed by atoms with Crippen LogP contribution < -0.4 is 32.8 Å². The van der Waals surface area contributed by atoms with E-state index in [4.69, 9.17) is 48.5 Å². The third-order valence-electron chi connectivity index (χ3n) is 7.59. The zero-order valence-corrected chi connectivity index (χ0v) is 21.1. The van der Waals surface area contributed by atoms with Crippen molar-refractivity contribution >= 4 is 89.9 Å². The van der Waals surface area contributed by atoms with Crippen molar-refractivity contribution in [1.29, 1.82) is 0 Å². The van der Waals surface area contributed by atoms with Crippen molar-refractivity contribution in [3.63, 3.8) is 0 Å². The fourth-order valence-corrected chi connectivity index (χ4v) is 4.68. The van der Waals surface area contributed by atoms with Crippen LogP contribution in [0.1, 0.15) is 27.7 Å². The minimum absolute atomic E-state index is 0.207. The van der Waals surface area contributed by atoms with Crippen LogP contribution in [-0.4, -0.2) is 57.6 Å². The van der Waals surface area contributed by atoms with E-state index in [0.717, 1.165) is 32.9 Å². The van der Waals surface area contributed by atoms with Gasteiger partial charge in [0.2, 0.25) is 0 Å². The van der Waals surface area contributed by atoms with Crippen LogP contribution in [0.5, 0.6) is 0 Å². The molecule has 0 atom stereocenters. The Bertz CT molecular complexity index is 1470. The van der Waals surface area contributed by atoms with Gasteiger partial charge < -0.3 is 9.31 Å². The van der Waals surface area contributed by atoms with E-state index in [9.17, 15) is 0 Å². The van der Waals surface area contributed by atoms with Gasteiger partial charge in [0.25, 0.3) is 0 Å². The standard InChI is InChI=1S/C28H22B6O2/c1-27(2)28(3,4)36-34(35-27)18-9-5-7-16(14-18)19-10-6-8-15-13-17(11-12-20(15)19)21-22(29)24(31)26(33)25(32)23(21)30/h5-14H,1-4H3. The molecule has 1 aliphatic rings. The van der Waals surface area contributed by atoms with Gasteiger partial charge in [-0.2, -0.15) is 0 Å². The van der Waals surface area contributed by atoms with Gasteiger partial charge in [-0.3, -0.25) is 0 Å². The lowest BCUT2D eigenvalue weighted by atomic mass is 9.59. The fraction of sp³-hybridized carbons (Fsp3) is 0.214. The molecule has 1 fully saturated rings. The van der Waals surface area contributed by atoms with E-state index < -0.39 is 18.3 Å². The van der Waals surface area contributed by atoms with Crippen molar-refractivity contribution in [3.8, 4) is 22.3 Å². The van der Waals surface area contributed by atoms with Gasteiger partial charge in [-0.15, -0.1) is 16.4 Å². The third kappa shape index (κ3) is 3.99. The van der Waals surface area contributed by atoms with Gasteiger partial charge in [0.15, 0.2) is 0 Å². The molecule has 0 saturated carbocycles. The summed E-state index contributed by atoms with van der Waals surface area (Å²) in [5.74, 6) is 0. The van der Waals surface area contributed by atoms with E-state index in [1.807, 2.05) is 30.3 Å². The molecule has 2 nitrogen and oxygen atoms in total. The minimum atomic E-state index is -0.427. The fourth-order valence-electron chi connectivity index (χ4n) is 4.68. The van der Waals surface area contributed by atoms with Crippen LogP contribution in [0.4, 0.5) is 0 Å². The van der Waals surface area contributed by atoms with Crippen molar-refractivity contribution in [3.05, 3.63) is 60.7 Å². The second-order valence-corrected chi connectivity index (χ2v) is 10.4. The molecular weight excluding hydrogens is 433 g/mol. The molecule has 0 amide bonds. The second kappa shape index (κ2) is 8.78. The first kappa shape index (κ1) is 25.1. The number of fused-ring (bicyclic) bond motifs is 1. The average Bonchev–Trinajstić information content (AvgIpc) is 3.08. The van der Waals surface area contributed by atoms with Crippen LogP contribution in [0.15, 0.2) is 60.7 Å². The first-order chi connectivity index (χ1) is 16.9. The molecule has 36 heavy (non-hydrogen) atoms. The smallest absolute Gasteiger partial charge is 0.399 e. The molecule has 0 aromatic heterocycles. The van der Waals surface area contributed by atoms with E-state index in [0.29, 0.717) is 16.5 Å². The SMILES string of the molecule is [B]c1c([B])c([B])c(-c2ccc3c(-c4cccc(B5OC(C)(C)C(C)(C)O5)c4)cccc3c2)c([B])c1[B]. The summed E-state index contributed by atoms with van der Waals surface area (Å²) >= 11 is 0. The molecular formula is C28H22B6O2. The Morgan fingerprint density at radius 3 is 1.83 bits per heavy atom. The van der Waals surface area contributed by atoms with Crippen molar-refractivity contribution in [2.75, 3.05) is 0 Å². The van der Waals surface area contributed by atoms with Crippen LogP contribution in [0.25, 0.3) is 33.0 Å². The summed E-state index contributed by atoms with van der Waals surface area (Å²) in [6, 6.07) is 20.5. The van der Waals surface area contributed by atoms with E-state index in [1.54, 1.807) is 0 Å². The number of benzene rings is 4. The molecule has 1 heterocycles. The Labute approximate surface area is 220 Å². The lowest BCUT2D eigenvalue weighted by Crippen LogP contribution is -2.55. The van der Waals surface area contributed by atoms with Crippen LogP contribution in [0, 0.1) is 0 Å². The summed E-state index contributed by atoms with van der Waals surface area (Å²) in [7, 11) is 30.3. The van der Waals surface area contributed by atoms with Gasteiger partial charge >= 0.3 is 7.12 Å². The average molecular weight is 455 g/mol. The van der Waals surface area contributed by atoms with Crippen molar-refractivity contribution in [2.24, 2.45) is 0 Å². The van der Waals surface area contributed by atoms with E-state index in [-0.39, 0.29) is 16.4 Å². The summed E-state index contributed by atoms with van der Waals surface area (Å²) in [6.45, 7) is 8.23. The Morgan fingerprint density at radius 2 is 1.19 bits per heavy atom. The topological polar surface area (TPSA) is 18.5 Å². The zero-order chi connectivity index (χ0) is 26.0. The Morgan fingerprint density at radius 1 is 0.611 bits per heavy atom. The third-order valence-corrected chi connectivity index (χ3v) is 7.59. The number of hydrogen-bond donors (Lipinski definition) is 0. The Kier molecular flexibility index (Phi) is 6.13. The van der Waals surface area contributed by atoms with Gasteiger partial charge in [0, 0.05) is 0 Å². The zero-order valence-electron chi connectivity index (χ0n) is 21.1. The highest BCUT2D eigenvalue weighted by Gasteiger charge is 2.51. The van der Waals surface area contributed by atoms with E-state index in [2.05, 4.69) is 58.0 Å². The lowest BCUT2D eigenvalue weighted by Gasteiger charge is -2.32. The summed E-state index contributed by atoms with van der Waals surface area (Å²) in [6.07, 6.45) is 0. The largest absolute Gasteiger partial charge is 0.494 e. The van der Waals surface area contributed by atoms with Gasteiger partial charge in [0.1, 0.15) is 39.2 Å². The highest BCUT2D eigenvalue weighted by Crippen LogP contribution is 2.37. The summed E-state index contributed by atoms with van der Waals surface area (Å²) < 4.78 is 12.5. The number of hydrogen-bond acceptors (Lipinski definition) is 2. The predicted octanol–water partition coefficient (Wildman–Crippen LogP) is 0.442. The molecule has 0 unspecified atom stereocenters. The maximum atomic E-state index is 6.30. The highest BCUT2D eigenvalue weighted by atomic mass is 16.7. The molecule has 8 heteroatoms. The molecule has 10 radical (unpaired) electrons. The molecule has 4 aromatic rings. The van der Waals surface area contributed by atoms with Crippen LogP contribution in [-0.2, 0) is 9.31 Å². The Hall–Kier alpha value is -2.55. The first-order valence-electron chi connectivity index (χ1n) is 11.9. The minimum Gasteiger partial charge on any atom is -0.399 e. The summed E-state index contributed by atoms with van der Waals surface area (Å²) in [5.41, 5.74) is 5.09. The molecule has 0 aliphatic carbocycles. The second-order valence-electron chi connectivity index (χ2n) is 10.4. The van der Waals surface area contributed by atoms with Gasteiger partial charge in [-0.1, -0.05) is 65.5 Å². The van der Waals surface area contributed by atoms with Crippen molar-refractivity contribution in [2.45, 2.75) is 38.9 Å². The molecule has 0 N–H and O–H groups in total. The normalized spacial score (nSPS) is 16.5. The van der Waals surface area contributed by atoms with Crippen LogP contribution in [0.3, 0.4) is 0 Å². The van der Waals surface area contributed by atoms with E-state index >= 15 is 0 Å². The number of rotatable bonds is 3. The molecule has 164 valence electrons. The Balaban J connectivity index is 1.58. The predicted molar refractivity (Wildman–Crippen MR) is 157 cm³/mol. The molecule has 1 aliphatic heterocycles. The summed E-state index contributed by atoms with van der Waals surface area (Å²) in [5, 5.41) is 2.11. The summed E-state index contributed by atoms with van der Waals surface area (Å²) in [4.78, 5) is 0. The molecule has 1 saturated heterocycles. The van der Waals surface area contributed by atoms with Gasteiger partial charge in [0.05, 0.1) is 11.2 Å². The molecule has 5 rings (SSSR count). The van der Waals surface area contributed by atoms with Crippen molar-refractivity contribution < 1.29 is 9.31 Å². The molecule has 0 bridgehead atoms. The maximum Gasteiger partial charge on any atom is 0.494 e. The van der Waals surface area contributed by atoms with Crippen LogP contribution in [0.2, 0.25) is 0 Å².